The fraction of sp³-hybridized carbons (Fsp3) is 0.571. The van der Waals surface area contributed by atoms with E-state index in [4.69, 9.17) is 10.8 Å². The van der Waals surface area contributed by atoms with Crippen LogP contribution in [0.2, 0.25) is 0 Å². The van der Waals surface area contributed by atoms with E-state index in [1.165, 1.54) is 6.26 Å². The molecule has 118 valence electrons. The molecule has 0 bridgehead atoms. The minimum absolute atomic E-state index is 0.158. The molecule has 21 heavy (non-hydrogen) atoms. The molecular formula is C14H23N3O3S. The fourth-order valence-corrected chi connectivity index (χ4v) is 3.54. The van der Waals surface area contributed by atoms with Gasteiger partial charge in [-0.2, -0.15) is 0 Å². The Morgan fingerprint density at radius 3 is 2.67 bits per heavy atom. The zero-order valence-electron chi connectivity index (χ0n) is 12.3. The maximum Gasteiger partial charge on any atom is 0.177 e. The standard InChI is InChI=1S/C14H23N3O3S/c1-21(19,20)13-5-2-4-12(14(13)15)17-7-3-6-16(8-9-17)10-11-18/h2,4-5,18H,3,6-11,15H2,1H3. The van der Waals surface area contributed by atoms with E-state index in [1.54, 1.807) is 12.1 Å². The topological polar surface area (TPSA) is 86.9 Å². The highest BCUT2D eigenvalue weighted by molar-refractivity contribution is 7.90. The number of nitrogen functional groups attached to an aromatic ring is 1. The molecule has 1 aromatic carbocycles. The molecule has 0 spiro atoms. The van der Waals surface area contributed by atoms with Gasteiger partial charge in [-0.05, 0) is 25.1 Å². The lowest BCUT2D eigenvalue weighted by molar-refractivity contribution is 0.204. The van der Waals surface area contributed by atoms with Crippen molar-refractivity contribution in [3.63, 3.8) is 0 Å². The highest BCUT2D eigenvalue weighted by Gasteiger charge is 2.20. The Kier molecular flexibility index (Phi) is 5.08. The van der Waals surface area contributed by atoms with Crippen molar-refractivity contribution in [2.45, 2.75) is 11.3 Å². The second kappa shape index (κ2) is 6.64. The van der Waals surface area contributed by atoms with Crippen molar-refractivity contribution in [3.05, 3.63) is 18.2 Å². The number of benzene rings is 1. The van der Waals surface area contributed by atoms with Crippen LogP contribution in [0.3, 0.4) is 0 Å². The molecule has 1 saturated heterocycles. The van der Waals surface area contributed by atoms with Gasteiger partial charge < -0.3 is 15.7 Å². The predicted molar refractivity (Wildman–Crippen MR) is 84.3 cm³/mol. The molecular weight excluding hydrogens is 290 g/mol. The number of aliphatic hydroxyl groups is 1. The first kappa shape index (κ1) is 16.1. The molecule has 3 N–H and O–H groups in total. The minimum atomic E-state index is -3.32. The average Bonchev–Trinajstić information content (AvgIpc) is 2.64. The van der Waals surface area contributed by atoms with Gasteiger partial charge in [0.1, 0.15) is 0 Å². The van der Waals surface area contributed by atoms with Gasteiger partial charge in [-0.25, -0.2) is 8.42 Å². The Balaban J connectivity index is 2.23. The Morgan fingerprint density at radius 2 is 2.00 bits per heavy atom. The summed E-state index contributed by atoms with van der Waals surface area (Å²) in [5.74, 6) is 0. The highest BCUT2D eigenvalue weighted by atomic mass is 32.2. The van der Waals surface area contributed by atoms with E-state index in [0.717, 1.165) is 38.3 Å². The number of anilines is 2. The largest absolute Gasteiger partial charge is 0.396 e. The minimum Gasteiger partial charge on any atom is -0.396 e. The maximum atomic E-state index is 11.8. The van der Waals surface area contributed by atoms with E-state index >= 15 is 0 Å². The van der Waals surface area contributed by atoms with Gasteiger partial charge in [-0.1, -0.05) is 6.07 Å². The van der Waals surface area contributed by atoms with Gasteiger partial charge in [-0.3, -0.25) is 4.90 Å². The summed E-state index contributed by atoms with van der Waals surface area (Å²) in [7, 11) is -3.32. The highest BCUT2D eigenvalue weighted by Crippen LogP contribution is 2.30. The lowest BCUT2D eigenvalue weighted by atomic mass is 10.2. The monoisotopic (exact) mass is 313 g/mol. The van der Waals surface area contributed by atoms with E-state index in [1.807, 2.05) is 6.07 Å². The second-order valence-corrected chi connectivity index (χ2v) is 7.35. The normalized spacial score (nSPS) is 17.7. The Hall–Kier alpha value is -1.31. The van der Waals surface area contributed by atoms with Crippen LogP contribution in [-0.2, 0) is 9.84 Å². The summed E-state index contributed by atoms with van der Waals surface area (Å²) >= 11 is 0. The van der Waals surface area contributed by atoms with Crippen molar-refractivity contribution in [2.24, 2.45) is 0 Å². The third-order valence-electron chi connectivity index (χ3n) is 3.79. The van der Waals surface area contributed by atoms with Gasteiger partial charge in [0.2, 0.25) is 0 Å². The number of hydrogen-bond donors (Lipinski definition) is 2. The summed E-state index contributed by atoms with van der Waals surface area (Å²) < 4.78 is 23.5. The molecule has 0 aliphatic carbocycles. The van der Waals surface area contributed by atoms with Gasteiger partial charge in [0.05, 0.1) is 22.9 Å². The van der Waals surface area contributed by atoms with Crippen LogP contribution >= 0.6 is 0 Å². The zero-order chi connectivity index (χ0) is 15.5. The Morgan fingerprint density at radius 1 is 1.24 bits per heavy atom. The van der Waals surface area contributed by atoms with Gasteiger partial charge in [0.15, 0.2) is 9.84 Å². The first-order valence-electron chi connectivity index (χ1n) is 7.10. The lowest BCUT2D eigenvalue weighted by Gasteiger charge is -2.25. The fourth-order valence-electron chi connectivity index (χ4n) is 2.71. The summed E-state index contributed by atoms with van der Waals surface area (Å²) in [6.45, 7) is 4.21. The number of nitrogens with zero attached hydrogens (tertiary/aromatic N) is 2. The molecule has 1 heterocycles. The molecule has 0 unspecified atom stereocenters. The molecule has 7 heteroatoms. The van der Waals surface area contributed by atoms with Crippen molar-refractivity contribution in [1.82, 2.24) is 4.90 Å². The van der Waals surface area contributed by atoms with Crippen LogP contribution < -0.4 is 10.6 Å². The van der Waals surface area contributed by atoms with Crippen molar-refractivity contribution in [1.29, 1.82) is 0 Å². The smallest absolute Gasteiger partial charge is 0.177 e. The van der Waals surface area contributed by atoms with Gasteiger partial charge in [-0.15, -0.1) is 0 Å². The van der Waals surface area contributed by atoms with Gasteiger partial charge in [0.25, 0.3) is 0 Å². The molecule has 0 saturated carbocycles. The Bertz CT molecular complexity index is 589. The van der Waals surface area contributed by atoms with Crippen LogP contribution in [0.25, 0.3) is 0 Å². The number of β-amino-alcohol motifs (C(OH)–C–C–N with tert-alkyl or cyclic N) is 1. The van der Waals surface area contributed by atoms with E-state index in [-0.39, 0.29) is 11.5 Å². The molecule has 0 aromatic heterocycles. The van der Waals surface area contributed by atoms with Crippen molar-refractivity contribution in [2.75, 3.05) is 56.2 Å². The third-order valence-corrected chi connectivity index (χ3v) is 4.94. The number of hydrogen-bond acceptors (Lipinski definition) is 6. The van der Waals surface area contributed by atoms with Crippen LogP contribution in [-0.4, -0.2) is 64.0 Å². The lowest BCUT2D eigenvalue weighted by Crippen LogP contribution is -2.32. The summed E-state index contributed by atoms with van der Waals surface area (Å²) in [6, 6.07) is 5.15. The SMILES string of the molecule is CS(=O)(=O)c1cccc(N2CCCN(CCO)CC2)c1N. The average molecular weight is 313 g/mol. The number of para-hydroxylation sites is 1. The van der Waals surface area contributed by atoms with Crippen LogP contribution in [0.5, 0.6) is 0 Å². The predicted octanol–water partition coefficient (Wildman–Crippen LogP) is 0.177. The summed E-state index contributed by atoms with van der Waals surface area (Å²) in [5.41, 5.74) is 7.18. The van der Waals surface area contributed by atoms with E-state index in [2.05, 4.69) is 9.80 Å². The van der Waals surface area contributed by atoms with Crippen molar-refractivity contribution < 1.29 is 13.5 Å². The van der Waals surface area contributed by atoms with Crippen LogP contribution in [0.1, 0.15) is 6.42 Å². The maximum absolute atomic E-state index is 11.8. The van der Waals surface area contributed by atoms with Crippen LogP contribution in [0, 0.1) is 0 Å². The molecule has 1 fully saturated rings. The molecule has 1 aliphatic rings. The van der Waals surface area contributed by atoms with E-state index in [9.17, 15) is 8.42 Å². The number of nitrogens with two attached hydrogens (primary N) is 1. The molecule has 0 amide bonds. The molecule has 2 rings (SSSR count). The first-order valence-corrected chi connectivity index (χ1v) is 8.99. The molecule has 1 aliphatic heterocycles. The number of rotatable bonds is 4. The summed E-state index contributed by atoms with van der Waals surface area (Å²) in [6.07, 6.45) is 2.14. The van der Waals surface area contributed by atoms with E-state index < -0.39 is 9.84 Å². The quantitative estimate of drug-likeness (QED) is 0.771. The molecule has 6 nitrogen and oxygen atoms in total. The number of aliphatic hydroxyl groups excluding tert-OH is 1. The van der Waals surface area contributed by atoms with Crippen LogP contribution in [0.4, 0.5) is 11.4 Å². The van der Waals surface area contributed by atoms with Gasteiger partial charge in [0, 0.05) is 32.4 Å². The second-order valence-electron chi connectivity index (χ2n) is 5.37. The number of sulfone groups is 1. The molecule has 1 aromatic rings. The van der Waals surface area contributed by atoms with Gasteiger partial charge >= 0.3 is 0 Å². The van der Waals surface area contributed by atoms with E-state index in [0.29, 0.717) is 12.2 Å². The molecule has 0 radical (unpaired) electrons. The van der Waals surface area contributed by atoms with Crippen LogP contribution in [0.15, 0.2) is 23.1 Å². The Labute approximate surface area is 126 Å². The summed E-state index contributed by atoms with van der Waals surface area (Å²) in [5, 5.41) is 9.02. The first-order chi connectivity index (χ1) is 9.93. The molecule has 0 atom stereocenters. The summed E-state index contributed by atoms with van der Waals surface area (Å²) in [4.78, 5) is 4.52. The van der Waals surface area contributed by atoms with Crippen molar-refractivity contribution >= 4 is 21.2 Å². The zero-order valence-corrected chi connectivity index (χ0v) is 13.1. The third kappa shape index (κ3) is 3.87. The van der Waals surface area contributed by atoms with Crippen molar-refractivity contribution in [3.8, 4) is 0 Å².